The molecule has 2 nitrogen and oxygen atoms in total. The largest absolute Gasteiger partial charge is 0.354 e. The van der Waals surface area contributed by atoms with Crippen LogP contribution in [0.1, 0.15) is 29.5 Å². The molecule has 0 spiro atoms. The number of rotatable bonds is 5. The van der Waals surface area contributed by atoms with Gasteiger partial charge in [0, 0.05) is 36.8 Å². The second kappa shape index (κ2) is 7.33. The van der Waals surface area contributed by atoms with Crippen molar-refractivity contribution in [3.63, 3.8) is 0 Å². The first-order chi connectivity index (χ1) is 14.2. The summed E-state index contributed by atoms with van der Waals surface area (Å²) in [4.78, 5) is 3.79. The molecule has 3 heteroatoms. The Morgan fingerprint density at radius 2 is 1.66 bits per heavy atom. The predicted molar refractivity (Wildman–Crippen MR) is 128 cm³/mol. The molecule has 2 aromatic heterocycles. The molecule has 0 fully saturated rings. The SMILES string of the molecule is Cc1ccc(C)c2c(CCCCN)c(-c3ccc4sc5ccccc5c4c3)[nH]c12. The van der Waals surface area contributed by atoms with Crippen molar-refractivity contribution in [1.82, 2.24) is 4.98 Å². The van der Waals surface area contributed by atoms with E-state index in [1.807, 2.05) is 11.3 Å². The first-order valence-corrected chi connectivity index (χ1v) is 11.2. The highest BCUT2D eigenvalue weighted by atomic mass is 32.1. The Kier molecular flexibility index (Phi) is 4.65. The van der Waals surface area contributed by atoms with Gasteiger partial charge >= 0.3 is 0 Å². The third kappa shape index (κ3) is 3.06. The standard InChI is InChI=1S/C26H26N2S/c1-16-10-11-17(2)25-24(16)20(8-5-6-14-27)26(28-25)18-12-13-23-21(15-18)19-7-3-4-9-22(19)29-23/h3-4,7,9-13,15,28H,5-6,8,14,27H2,1-2H3. The third-order valence-corrected chi connectivity index (χ3v) is 7.17. The molecule has 0 aliphatic carbocycles. The molecule has 0 amide bonds. The molecule has 0 aliphatic heterocycles. The van der Waals surface area contributed by atoms with Gasteiger partial charge in [0.15, 0.2) is 0 Å². The lowest BCUT2D eigenvalue weighted by molar-refractivity contribution is 0.748. The lowest BCUT2D eigenvalue weighted by Crippen LogP contribution is -1.99. The molecule has 0 bridgehead atoms. The number of aromatic amines is 1. The Bertz CT molecular complexity index is 1340. The first kappa shape index (κ1) is 18.4. The number of H-pyrrole nitrogens is 1. The summed E-state index contributed by atoms with van der Waals surface area (Å²) in [7, 11) is 0. The van der Waals surface area contributed by atoms with Crippen LogP contribution in [0, 0.1) is 13.8 Å². The first-order valence-electron chi connectivity index (χ1n) is 10.4. The van der Waals surface area contributed by atoms with Gasteiger partial charge in [0.05, 0.1) is 0 Å². The Labute approximate surface area is 175 Å². The highest BCUT2D eigenvalue weighted by Gasteiger charge is 2.17. The quantitative estimate of drug-likeness (QED) is 0.305. The fraction of sp³-hybridized carbons (Fsp3) is 0.231. The van der Waals surface area contributed by atoms with Crippen LogP contribution in [0.2, 0.25) is 0 Å². The maximum atomic E-state index is 5.78. The molecular weight excluding hydrogens is 372 g/mol. The molecular formula is C26H26N2S. The third-order valence-electron chi connectivity index (χ3n) is 6.02. The monoisotopic (exact) mass is 398 g/mol. The van der Waals surface area contributed by atoms with Crippen LogP contribution in [0.25, 0.3) is 42.3 Å². The number of aromatic nitrogens is 1. The van der Waals surface area contributed by atoms with Crippen molar-refractivity contribution in [3.05, 3.63) is 71.3 Å². The molecule has 0 atom stereocenters. The fourth-order valence-electron chi connectivity index (χ4n) is 4.51. The van der Waals surface area contributed by atoms with Gasteiger partial charge in [0.1, 0.15) is 0 Å². The molecule has 5 rings (SSSR count). The van der Waals surface area contributed by atoms with Gasteiger partial charge in [0.2, 0.25) is 0 Å². The van der Waals surface area contributed by atoms with Gasteiger partial charge in [-0.15, -0.1) is 11.3 Å². The molecule has 0 unspecified atom stereocenters. The maximum absolute atomic E-state index is 5.78. The van der Waals surface area contributed by atoms with Crippen LogP contribution in [0.5, 0.6) is 0 Å². The Hall–Kier alpha value is -2.62. The number of hydrogen-bond donors (Lipinski definition) is 2. The van der Waals surface area contributed by atoms with Crippen LogP contribution in [-0.2, 0) is 6.42 Å². The molecule has 5 aromatic rings. The number of nitrogens with one attached hydrogen (secondary N) is 1. The summed E-state index contributed by atoms with van der Waals surface area (Å²) in [6.07, 6.45) is 3.23. The molecule has 2 heterocycles. The summed E-state index contributed by atoms with van der Waals surface area (Å²) in [6.45, 7) is 5.17. The average molecular weight is 399 g/mol. The second-order valence-corrected chi connectivity index (χ2v) is 9.07. The van der Waals surface area contributed by atoms with Gasteiger partial charge in [-0.25, -0.2) is 0 Å². The fourth-order valence-corrected chi connectivity index (χ4v) is 5.60. The van der Waals surface area contributed by atoms with Gasteiger partial charge in [-0.3, -0.25) is 0 Å². The van der Waals surface area contributed by atoms with Crippen LogP contribution in [0.15, 0.2) is 54.6 Å². The van der Waals surface area contributed by atoms with E-state index < -0.39 is 0 Å². The van der Waals surface area contributed by atoms with Crippen molar-refractivity contribution in [2.24, 2.45) is 5.73 Å². The smallest absolute Gasteiger partial charge is 0.0497 e. The molecule has 29 heavy (non-hydrogen) atoms. The summed E-state index contributed by atoms with van der Waals surface area (Å²) < 4.78 is 2.70. The molecule has 0 saturated carbocycles. The van der Waals surface area contributed by atoms with Crippen molar-refractivity contribution in [2.45, 2.75) is 33.1 Å². The Morgan fingerprint density at radius 3 is 2.52 bits per heavy atom. The molecule has 3 aromatic carbocycles. The van der Waals surface area contributed by atoms with E-state index in [2.05, 4.69) is 73.4 Å². The van der Waals surface area contributed by atoms with Crippen LogP contribution >= 0.6 is 11.3 Å². The molecule has 0 saturated heterocycles. The molecule has 3 N–H and O–H groups in total. The molecule has 0 radical (unpaired) electrons. The number of fused-ring (bicyclic) bond motifs is 4. The zero-order valence-electron chi connectivity index (χ0n) is 17.0. The van der Waals surface area contributed by atoms with E-state index in [1.165, 1.54) is 59.0 Å². The topological polar surface area (TPSA) is 41.8 Å². The number of nitrogens with two attached hydrogens (primary N) is 1. The summed E-state index contributed by atoms with van der Waals surface area (Å²) in [6, 6.07) is 20.1. The highest BCUT2D eigenvalue weighted by Crippen LogP contribution is 2.39. The van der Waals surface area contributed by atoms with Crippen molar-refractivity contribution in [2.75, 3.05) is 6.54 Å². The van der Waals surface area contributed by atoms with Crippen molar-refractivity contribution in [3.8, 4) is 11.3 Å². The highest BCUT2D eigenvalue weighted by molar-refractivity contribution is 7.25. The van der Waals surface area contributed by atoms with E-state index in [-0.39, 0.29) is 0 Å². The van der Waals surface area contributed by atoms with Gasteiger partial charge in [-0.2, -0.15) is 0 Å². The number of thiophene rings is 1. The minimum absolute atomic E-state index is 0.753. The minimum Gasteiger partial charge on any atom is -0.354 e. The summed E-state index contributed by atoms with van der Waals surface area (Å²) >= 11 is 1.87. The van der Waals surface area contributed by atoms with E-state index in [1.54, 1.807) is 0 Å². The Morgan fingerprint density at radius 1 is 0.862 bits per heavy atom. The second-order valence-electron chi connectivity index (χ2n) is 7.98. The zero-order chi connectivity index (χ0) is 20.0. The van der Waals surface area contributed by atoms with E-state index in [0.29, 0.717) is 0 Å². The van der Waals surface area contributed by atoms with Crippen LogP contribution in [0.3, 0.4) is 0 Å². The lowest BCUT2D eigenvalue weighted by atomic mass is 9.96. The van der Waals surface area contributed by atoms with Crippen molar-refractivity contribution < 1.29 is 0 Å². The van der Waals surface area contributed by atoms with E-state index in [0.717, 1.165) is 25.8 Å². The van der Waals surface area contributed by atoms with Gasteiger partial charge in [-0.1, -0.05) is 36.4 Å². The summed E-state index contributed by atoms with van der Waals surface area (Å²) in [5.41, 5.74) is 13.7. The number of hydrogen-bond acceptors (Lipinski definition) is 2. The maximum Gasteiger partial charge on any atom is 0.0497 e. The molecule has 0 aliphatic rings. The summed E-state index contributed by atoms with van der Waals surface area (Å²) in [5.74, 6) is 0. The minimum atomic E-state index is 0.753. The lowest BCUT2D eigenvalue weighted by Gasteiger charge is -2.07. The zero-order valence-corrected chi connectivity index (χ0v) is 17.8. The van der Waals surface area contributed by atoms with Gasteiger partial charge in [-0.05, 0) is 80.1 Å². The number of aryl methyl sites for hydroxylation is 3. The van der Waals surface area contributed by atoms with E-state index in [9.17, 15) is 0 Å². The van der Waals surface area contributed by atoms with Gasteiger partial charge < -0.3 is 10.7 Å². The summed E-state index contributed by atoms with van der Waals surface area (Å²) in [5, 5.41) is 4.10. The van der Waals surface area contributed by atoms with Crippen LogP contribution in [-0.4, -0.2) is 11.5 Å². The molecule has 146 valence electrons. The number of benzene rings is 3. The van der Waals surface area contributed by atoms with Crippen molar-refractivity contribution in [1.29, 1.82) is 0 Å². The predicted octanol–water partition coefficient (Wildman–Crippen LogP) is 7.10. The number of unbranched alkanes of at least 4 members (excludes halogenated alkanes) is 1. The van der Waals surface area contributed by atoms with E-state index >= 15 is 0 Å². The van der Waals surface area contributed by atoms with Crippen molar-refractivity contribution >= 4 is 42.4 Å². The average Bonchev–Trinajstić information content (AvgIpc) is 3.30. The Balaban J connectivity index is 1.75. The van der Waals surface area contributed by atoms with Gasteiger partial charge in [0.25, 0.3) is 0 Å². The van der Waals surface area contributed by atoms with Crippen LogP contribution in [0.4, 0.5) is 0 Å². The normalized spacial score (nSPS) is 11.8. The van der Waals surface area contributed by atoms with Crippen LogP contribution < -0.4 is 5.73 Å². The van der Waals surface area contributed by atoms with E-state index in [4.69, 9.17) is 5.73 Å².